The van der Waals surface area contributed by atoms with E-state index in [9.17, 15) is 4.79 Å². The van der Waals surface area contributed by atoms with E-state index in [0.717, 1.165) is 12.8 Å². The van der Waals surface area contributed by atoms with E-state index in [1.54, 1.807) is 6.08 Å². The van der Waals surface area contributed by atoms with Gasteiger partial charge in [-0.2, -0.15) is 0 Å². The molecule has 0 aliphatic rings. The quantitative estimate of drug-likeness (QED) is 0.579. The van der Waals surface area contributed by atoms with Crippen molar-refractivity contribution in [1.82, 2.24) is 5.32 Å². The van der Waals surface area contributed by atoms with Gasteiger partial charge in [-0.3, -0.25) is 4.79 Å². The average molecular weight is 343 g/mol. The van der Waals surface area contributed by atoms with Gasteiger partial charge in [0.25, 0.3) is 0 Å². The molecule has 0 unspecified atom stereocenters. The zero-order chi connectivity index (χ0) is 18.4. The van der Waals surface area contributed by atoms with Crippen molar-refractivity contribution in [2.24, 2.45) is 0 Å². The van der Waals surface area contributed by atoms with Crippen LogP contribution in [0.25, 0.3) is 21.9 Å². The summed E-state index contributed by atoms with van der Waals surface area (Å²) in [5.74, 6) is 0.0257. The lowest BCUT2D eigenvalue weighted by atomic mass is 9.94. The maximum absolute atomic E-state index is 11.7. The topological polar surface area (TPSA) is 29.1 Å². The number of nitrogens with one attached hydrogen (secondary N) is 1. The lowest BCUT2D eigenvalue weighted by Gasteiger charge is -2.13. The Hall–Kier alpha value is -2.87. The molecule has 132 valence electrons. The molecular formula is C24H25NO. The fourth-order valence-corrected chi connectivity index (χ4v) is 3.25. The molecule has 3 aromatic carbocycles. The van der Waals surface area contributed by atoms with Gasteiger partial charge in [-0.1, -0.05) is 67.6 Å². The monoisotopic (exact) mass is 343 g/mol. The minimum absolute atomic E-state index is 0.0257. The molecule has 1 N–H and O–H groups in total. The van der Waals surface area contributed by atoms with E-state index in [1.165, 1.54) is 33.0 Å². The predicted molar refractivity (Wildman–Crippen MR) is 110 cm³/mol. The first-order valence-corrected chi connectivity index (χ1v) is 9.20. The zero-order valence-electron chi connectivity index (χ0n) is 15.3. The van der Waals surface area contributed by atoms with Gasteiger partial charge in [-0.15, -0.1) is 6.58 Å². The molecule has 0 saturated carbocycles. The summed E-state index contributed by atoms with van der Waals surface area (Å²) < 4.78 is 0. The number of carbonyl (C=O) groups excluding carboxylic acids is 1. The smallest absolute Gasteiger partial charge is 0.223 e. The van der Waals surface area contributed by atoms with Crippen LogP contribution in [0.3, 0.4) is 0 Å². The van der Waals surface area contributed by atoms with E-state index in [-0.39, 0.29) is 5.91 Å². The van der Waals surface area contributed by atoms with Crippen molar-refractivity contribution in [3.05, 3.63) is 84.4 Å². The normalized spacial score (nSPS) is 10.7. The van der Waals surface area contributed by atoms with E-state index in [1.807, 2.05) is 6.07 Å². The number of hydrogen-bond acceptors (Lipinski definition) is 1. The average Bonchev–Trinajstić information content (AvgIpc) is 2.68. The van der Waals surface area contributed by atoms with E-state index in [0.29, 0.717) is 13.0 Å². The number of fused-ring (bicyclic) bond motifs is 1. The fourth-order valence-electron chi connectivity index (χ4n) is 3.25. The van der Waals surface area contributed by atoms with Gasteiger partial charge in [0.1, 0.15) is 0 Å². The van der Waals surface area contributed by atoms with E-state index >= 15 is 0 Å². The van der Waals surface area contributed by atoms with Crippen LogP contribution in [-0.2, 0) is 17.6 Å². The molecule has 0 saturated heterocycles. The Kier molecular flexibility index (Phi) is 5.85. The standard InChI is InChI=1S/C24H25NO/c1-3-8-24(26)25-14-13-21-17-22(19-9-6-5-7-10-19)16-20-12-11-18(4-2)15-23(20)21/h3,5-7,9-12,15-17H,1,4,8,13-14H2,2H3,(H,25,26). The molecule has 26 heavy (non-hydrogen) atoms. The molecular weight excluding hydrogens is 318 g/mol. The van der Waals surface area contributed by atoms with Crippen LogP contribution in [0.1, 0.15) is 24.5 Å². The van der Waals surface area contributed by atoms with Gasteiger partial charge >= 0.3 is 0 Å². The lowest BCUT2D eigenvalue weighted by Crippen LogP contribution is -2.24. The third-order valence-electron chi connectivity index (χ3n) is 4.67. The number of benzene rings is 3. The molecule has 2 nitrogen and oxygen atoms in total. The fraction of sp³-hybridized carbons (Fsp3) is 0.208. The van der Waals surface area contributed by atoms with E-state index < -0.39 is 0 Å². The molecule has 0 heterocycles. The molecule has 3 aromatic rings. The Morgan fingerprint density at radius 2 is 1.85 bits per heavy atom. The summed E-state index contributed by atoms with van der Waals surface area (Å²) in [5, 5.41) is 5.50. The van der Waals surface area contributed by atoms with Crippen LogP contribution in [0.2, 0.25) is 0 Å². The van der Waals surface area contributed by atoms with Crippen molar-refractivity contribution in [1.29, 1.82) is 0 Å². The summed E-state index contributed by atoms with van der Waals surface area (Å²) in [6, 6.07) is 21.6. The van der Waals surface area contributed by atoms with Crippen LogP contribution in [0.5, 0.6) is 0 Å². The Labute approximate surface area is 155 Å². The van der Waals surface area contributed by atoms with Crippen LogP contribution < -0.4 is 5.32 Å². The van der Waals surface area contributed by atoms with Crippen molar-refractivity contribution in [3.8, 4) is 11.1 Å². The van der Waals surface area contributed by atoms with Gasteiger partial charge in [-0.05, 0) is 51.9 Å². The Morgan fingerprint density at radius 1 is 1.04 bits per heavy atom. The molecule has 0 aromatic heterocycles. The van der Waals surface area contributed by atoms with Gasteiger partial charge in [0.05, 0.1) is 0 Å². The molecule has 2 heteroatoms. The van der Waals surface area contributed by atoms with Gasteiger partial charge < -0.3 is 5.32 Å². The molecule has 0 bridgehead atoms. The summed E-state index contributed by atoms with van der Waals surface area (Å²) in [5.41, 5.74) is 5.04. The Bertz CT molecular complexity index is 912. The first kappa shape index (κ1) is 17.9. The highest BCUT2D eigenvalue weighted by atomic mass is 16.1. The highest BCUT2D eigenvalue weighted by Crippen LogP contribution is 2.29. The minimum atomic E-state index is 0.0257. The van der Waals surface area contributed by atoms with Gasteiger partial charge in [0.2, 0.25) is 5.91 Å². The van der Waals surface area contributed by atoms with Crippen LogP contribution in [0, 0.1) is 0 Å². The second-order valence-electron chi connectivity index (χ2n) is 6.50. The number of hydrogen-bond donors (Lipinski definition) is 1. The van der Waals surface area contributed by atoms with Crippen LogP contribution in [0.15, 0.2) is 73.3 Å². The van der Waals surface area contributed by atoms with Crippen molar-refractivity contribution in [2.45, 2.75) is 26.2 Å². The molecule has 1 amide bonds. The SMILES string of the molecule is C=CCC(=O)NCCc1cc(-c2ccccc2)cc2ccc(CC)cc12. The molecule has 0 atom stereocenters. The first-order chi connectivity index (χ1) is 12.7. The summed E-state index contributed by atoms with van der Waals surface area (Å²) in [6.45, 7) is 6.42. The number of aryl methyl sites for hydroxylation is 1. The summed E-state index contributed by atoms with van der Waals surface area (Å²) in [7, 11) is 0. The number of rotatable bonds is 7. The van der Waals surface area contributed by atoms with E-state index in [4.69, 9.17) is 0 Å². The maximum Gasteiger partial charge on any atom is 0.223 e. The van der Waals surface area contributed by atoms with Crippen molar-refractivity contribution in [2.75, 3.05) is 6.54 Å². The maximum atomic E-state index is 11.7. The molecule has 0 spiro atoms. The van der Waals surface area contributed by atoms with Crippen molar-refractivity contribution in [3.63, 3.8) is 0 Å². The first-order valence-electron chi connectivity index (χ1n) is 9.20. The Morgan fingerprint density at radius 3 is 2.58 bits per heavy atom. The van der Waals surface area contributed by atoms with Gasteiger partial charge in [0.15, 0.2) is 0 Å². The lowest BCUT2D eigenvalue weighted by molar-refractivity contribution is -0.120. The van der Waals surface area contributed by atoms with Crippen molar-refractivity contribution < 1.29 is 4.79 Å². The third-order valence-corrected chi connectivity index (χ3v) is 4.67. The molecule has 3 rings (SSSR count). The summed E-state index contributed by atoms with van der Waals surface area (Å²) >= 11 is 0. The minimum Gasteiger partial charge on any atom is -0.356 e. The van der Waals surface area contributed by atoms with Crippen molar-refractivity contribution >= 4 is 16.7 Å². The molecule has 0 aliphatic carbocycles. The Balaban J connectivity index is 1.96. The molecule has 0 aliphatic heterocycles. The molecule has 0 fully saturated rings. The largest absolute Gasteiger partial charge is 0.356 e. The second-order valence-corrected chi connectivity index (χ2v) is 6.50. The van der Waals surface area contributed by atoms with Crippen LogP contribution >= 0.6 is 0 Å². The zero-order valence-corrected chi connectivity index (χ0v) is 15.3. The van der Waals surface area contributed by atoms with Gasteiger partial charge in [-0.25, -0.2) is 0 Å². The third kappa shape index (κ3) is 4.20. The van der Waals surface area contributed by atoms with E-state index in [2.05, 4.69) is 73.4 Å². The van der Waals surface area contributed by atoms with Crippen LogP contribution in [-0.4, -0.2) is 12.5 Å². The summed E-state index contributed by atoms with van der Waals surface area (Å²) in [4.78, 5) is 11.7. The second kappa shape index (κ2) is 8.48. The summed E-state index contributed by atoms with van der Waals surface area (Å²) in [6.07, 6.45) is 3.83. The van der Waals surface area contributed by atoms with Gasteiger partial charge in [0, 0.05) is 13.0 Å². The molecule has 0 radical (unpaired) electrons. The highest BCUT2D eigenvalue weighted by Gasteiger charge is 2.08. The predicted octanol–water partition coefficient (Wildman–Crippen LogP) is 5.30. The number of carbonyl (C=O) groups is 1. The number of amides is 1. The highest BCUT2D eigenvalue weighted by molar-refractivity contribution is 5.91. The van der Waals surface area contributed by atoms with Crippen LogP contribution in [0.4, 0.5) is 0 Å².